The molecule has 2 aromatic heterocycles. The summed E-state index contributed by atoms with van der Waals surface area (Å²) < 4.78 is 11.5. The number of aromatic nitrogens is 3. The van der Waals surface area contributed by atoms with Crippen molar-refractivity contribution in [1.29, 1.82) is 0 Å². The highest BCUT2D eigenvalue weighted by Crippen LogP contribution is 2.23. The van der Waals surface area contributed by atoms with Crippen LogP contribution in [-0.4, -0.2) is 46.9 Å². The molecule has 0 aliphatic carbocycles. The van der Waals surface area contributed by atoms with E-state index in [0.717, 1.165) is 17.0 Å². The van der Waals surface area contributed by atoms with Gasteiger partial charge < -0.3 is 14.0 Å². The SMILES string of the molecule is COC(=O)c1cc(C(=O)OC)cc(-n2c(C)cc(C=NNc3nc(C)cc(=O)[nH]3)c2C)c1. The summed E-state index contributed by atoms with van der Waals surface area (Å²) in [6, 6.07) is 7.98. The standard InChI is InChI=1S/C22H23N5O5/c1-12-6-19(28)25-22(24-12)26-23-11-17-7-13(2)27(14(17)3)18-9-15(20(29)31-4)8-16(10-18)21(30)32-5/h6-11H,1-5H3,(H2,24,25,26,28). The lowest BCUT2D eigenvalue weighted by atomic mass is 10.1. The maximum Gasteiger partial charge on any atom is 0.337 e. The number of carbonyl (C=O) groups excluding carboxylic acids is 2. The second-order valence-electron chi connectivity index (χ2n) is 7.02. The second kappa shape index (κ2) is 9.29. The molecule has 0 amide bonds. The van der Waals surface area contributed by atoms with E-state index in [1.165, 1.54) is 26.4 Å². The van der Waals surface area contributed by atoms with E-state index in [9.17, 15) is 14.4 Å². The quantitative estimate of drug-likeness (QED) is 0.344. The molecule has 0 saturated heterocycles. The number of nitrogens with zero attached hydrogens (tertiary/aromatic N) is 3. The Hall–Kier alpha value is -4.21. The van der Waals surface area contributed by atoms with Gasteiger partial charge in [-0.05, 0) is 45.0 Å². The molecule has 166 valence electrons. The monoisotopic (exact) mass is 437 g/mol. The van der Waals surface area contributed by atoms with Crippen LogP contribution in [0.3, 0.4) is 0 Å². The van der Waals surface area contributed by atoms with Crippen LogP contribution in [0.4, 0.5) is 5.95 Å². The summed E-state index contributed by atoms with van der Waals surface area (Å²) in [6.45, 7) is 5.48. The van der Waals surface area contributed by atoms with Crippen LogP contribution in [0.2, 0.25) is 0 Å². The molecule has 2 N–H and O–H groups in total. The minimum atomic E-state index is -0.565. The predicted octanol–water partition coefficient (Wildman–Crippen LogP) is 2.51. The van der Waals surface area contributed by atoms with E-state index in [-0.39, 0.29) is 22.6 Å². The number of ether oxygens (including phenoxy) is 2. The van der Waals surface area contributed by atoms with Gasteiger partial charge in [0.15, 0.2) is 0 Å². The van der Waals surface area contributed by atoms with Crippen molar-refractivity contribution in [2.45, 2.75) is 20.8 Å². The van der Waals surface area contributed by atoms with Crippen molar-refractivity contribution in [3.8, 4) is 5.69 Å². The smallest absolute Gasteiger partial charge is 0.337 e. The molecule has 0 aliphatic heterocycles. The summed E-state index contributed by atoms with van der Waals surface area (Å²) in [5.74, 6) is -0.899. The summed E-state index contributed by atoms with van der Waals surface area (Å²) in [5.41, 5.74) is 6.50. The molecule has 0 bridgehead atoms. The van der Waals surface area contributed by atoms with Crippen LogP contribution in [-0.2, 0) is 9.47 Å². The van der Waals surface area contributed by atoms with E-state index >= 15 is 0 Å². The Bertz CT molecular complexity index is 1240. The topological polar surface area (TPSA) is 128 Å². The number of aryl methyl sites for hydroxylation is 2. The van der Waals surface area contributed by atoms with Crippen molar-refractivity contribution in [3.63, 3.8) is 0 Å². The van der Waals surface area contributed by atoms with E-state index in [0.29, 0.717) is 11.4 Å². The molecule has 3 aromatic rings. The number of esters is 2. The third kappa shape index (κ3) is 4.75. The molecule has 0 aliphatic rings. The van der Waals surface area contributed by atoms with Crippen LogP contribution in [0.15, 0.2) is 40.2 Å². The fourth-order valence-electron chi connectivity index (χ4n) is 3.32. The predicted molar refractivity (Wildman–Crippen MR) is 119 cm³/mol. The van der Waals surface area contributed by atoms with E-state index < -0.39 is 11.9 Å². The maximum atomic E-state index is 12.1. The largest absolute Gasteiger partial charge is 0.465 e. The number of hydrogen-bond acceptors (Lipinski definition) is 8. The first-order valence-corrected chi connectivity index (χ1v) is 9.61. The third-order valence-corrected chi connectivity index (χ3v) is 4.73. The van der Waals surface area contributed by atoms with Gasteiger partial charge in [0.25, 0.3) is 5.56 Å². The molecule has 10 heteroatoms. The summed E-state index contributed by atoms with van der Waals surface area (Å²) in [5, 5.41) is 4.15. The number of H-pyrrole nitrogens is 1. The molecule has 0 saturated carbocycles. The molecule has 0 atom stereocenters. The van der Waals surface area contributed by atoms with Gasteiger partial charge in [0.2, 0.25) is 5.95 Å². The van der Waals surface area contributed by atoms with Crippen molar-refractivity contribution in [3.05, 3.63) is 74.5 Å². The Morgan fingerprint density at radius 1 is 1.03 bits per heavy atom. The van der Waals surface area contributed by atoms with Crippen molar-refractivity contribution in [2.75, 3.05) is 19.6 Å². The highest BCUT2D eigenvalue weighted by Gasteiger charge is 2.17. The van der Waals surface area contributed by atoms with Gasteiger partial charge in [-0.15, -0.1) is 0 Å². The number of rotatable bonds is 6. The number of nitrogens with one attached hydrogen (secondary N) is 2. The molecule has 10 nitrogen and oxygen atoms in total. The number of anilines is 1. The van der Waals surface area contributed by atoms with Gasteiger partial charge in [-0.2, -0.15) is 5.10 Å². The number of aromatic amines is 1. The highest BCUT2D eigenvalue weighted by molar-refractivity contribution is 5.96. The van der Waals surface area contributed by atoms with E-state index in [1.54, 1.807) is 25.3 Å². The normalized spacial score (nSPS) is 10.9. The molecular formula is C22H23N5O5. The van der Waals surface area contributed by atoms with Gasteiger partial charge in [-0.25, -0.2) is 20.0 Å². The Balaban J connectivity index is 1.98. The lowest BCUT2D eigenvalue weighted by Gasteiger charge is -2.13. The van der Waals surface area contributed by atoms with Gasteiger partial charge in [0, 0.05) is 34.4 Å². The van der Waals surface area contributed by atoms with Gasteiger partial charge in [0.05, 0.1) is 31.6 Å². The minimum absolute atomic E-state index is 0.226. The Morgan fingerprint density at radius 2 is 1.66 bits per heavy atom. The summed E-state index contributed by atoms with van der Waals surface area (Å²) in [4.78, 5) is 42.5. The first-order valence-electron chi connectivity index (χ1n) is 9.61. The first kappa shape index (κ1) is 22.5. The van der Waals surface area contributed by atoms with Gasteiger partial charge in [-0.1, -0.05) is 0 Å². The van der Waals surface area contributed by atoms with Crippen LogP contribution in [0.25, 0.3) is 5.69 Å². The number of benzene rings is 1. The maximum absolute atomic E-state index is 12.1. The minimum Gasteiger partial charge on any atom is -0.465 e. The number of hydrazone groups is 1. The van der Waals surface area contributed by atoms with Crippen LogP contribution in [0.1, 0.15) is 43.4 Å². The van der Waals surface area contributed by atoms with Crippen LogP contribution in [0, 0.1) is 20.8 Å². The average Bonchev–Trinajstić information content (AvgIpc) is 3.04. The van der Waals surface area contributed by atoms with Crippen molar-refractivity contribution in [2.24, 2.45) is 5.10 Å². The lowest BCUT2D eigenvalue weighted by Crippen LogP contribution is -2.10. The second-order valence-corrected chi connectivity index (χ2v) is 7.02. The molecule has 32 heavy (non-hydrogen) atoms. The van der Waals surface area contributed by atoms with Crippen LogP contribution < -0.4 is 11.0 Å². The third-order valence-electron chi connectivity index (χ3n) is 4.73. The summed E-state index contributed by atoms with van der Waals surface area (Å²) >= 11 is 0. The molecule has 0 radical (unpaired) electrons. The number of methoxy groups -OCH3 is 2. The fourth-order valence-corrected chi connectivity index (χ4v) is 3.32. The number of hydrogen-bond donors (Lipinski definition) is 2. The zero-order valence-electron chi connectivity index (χ0n) is 18.3. The van der Waals surface area contributed by atoms with E-state index in [1.807, 2.05) is 24.5 Å². The van der Waals surface area contributed by atoms with E-state index in [4.69, 9.17) is 9.47 Å². The molecule has 0 fully saturated rings. The molecule has 0 unspecified atom stereocenters. The average molecular weight is 437 g/mol. The van der Waals surface area contributed by atoms with Gasteiger partial charge in [0.1, 0.15) is 0 Å². The van der Waals surface area contributed by atoms with Gasteiger partial charge >= 0.3 is 11.9 Å². The molecule has 1 aromatic carbocycles. The summed E-state index contributed by atoms with van der Waals surface area (Å²) in [6.07, 6.45) is 1.59. The molecular weight excluding hydrogens is 414 g/mol. The van der Waals surface area contributed by atoms with Gasteiger partial charge in [-0.3, -0.25) is 9.78 Å². The van der Waals surface area contributed by atoms with Crippen molar-refractivity contribution >= 4 is 24.1 Å². The summed E-state index contributed by atoms with van der Waals surface area (Å²) in [7, 11) is 2.55. The Labute approximate surface area is 183 Å². The molecule has 3 rings (SSSR count). The highest BCUT2D eigenvalue weighted by atomic mass is 16.5. The Kier molecular flexibility index (Phi) is 6.53. The molecule has 2 heterocycles. The van der Waals surface area contributed by atoms with E-state index in [2.05, 4.69) is 20.5 Å². The number of carbonyl (C=O) groups is 2. The van der Waals surface area contributed by atoms with Crippen molar-refractivity contribution < 1.29 is 19.1 Å². The Morgan fingerprint density at radius 3 is 2.22 bits per heavy atom. The fraction of sp³-hybridized carbons (Fsp3) is 0.227. The van der Waals surface area contributed by atoms with Crippen LogP contribution >= 0.6 is 0 Å². The lowest BCUT2D eigenvalue weighted by molar-refractivity contribution is 0.0599. The van der Waals surface area contributed by atoms with Crippen molar-refractivity contribution in [1.82, 2.24) is 14.5 Å². The molecule has 0 spiro atoms. The zero-order valence-corrected chi connectivity index (χ0v) is 18.3. The first-order chi connectivity index (χ1) is 15.2. The zero-order chi connectivity index (χ0) is 23.4. The van der Waals surface area contributed by atoms with Crippen LogP contribution in [0.5, 0.6) is 0 Å².